The molecule has 2 aromatic heterocycles. The van der Waals surface area contributed by atoms with E-state index in [-0.39, 0.29) is 28.6 Å². The number of nitrogens with zero attached hydrogens (tertiary/aromatic N) is 2. The molecule has 0 bridgehead atoms. The molecule has 0 aliphatic heterocycles. The monoisotopic (exact) mass is 384 g/mol. The van der Waals surface area contributed by atoms with Gasteiger partial charge in [-0.25, -0.2) is 4.98 Å². The fraction of sp³-hybridized carbons (Fsp3) is 0. The van der Waals surface area contributed by atoms with Crippen molar-refractivity contribution in [3.63, 3.8) is 0 Å². The lowest BCUT2D eigenvalue weighted by molar-refractivity contribution is 0.103. The molecule has 6 nitrogen and oxygen atoms in total. The Morgan fingerprint density at radius 3 is 2.34 bits per heavy atom. The molecule has 0 fully saturated rings. The van der Waals surface area contributed by atoms with E-state index < -0.39 is 0 Å². The van der Waals surface area contributed by atoms with Crippen molar-refractivity contribution < 1.29 is 20.1 Å². The number of rotatable bonds is 4. The molecular formula is C23H16N2O4. The third-order valence-electron chi connectivity index (χ3n) is 4.49. The highest BCUT2D eigenvalue weighted by Crippen LogP contribution is 2.30. The lowest BCUT2D eigenvalue weighted by Crippen LogP contribution is -2.02. The van der Waals surface area contributed by atoms with Gasteiger partial charge in [-0.1, -0.05) is 24.3 Å². The Labute approximate surface area is 166 Å². The van der Waals surface area contributed by atoms with Gasteiger partial charge >= 0.3 is 0 Å². The van der Waals surface area contributed by atoms with Gasteiger partial charge in [-0.3, -0.25) is 9.78 Å². The minimum atomic E-state index is -0.311. The van der Waals surface area contributed by atoms with Gasteiger partial charge in [0.15, 0.2) is 23.0 Å². The van der Waals surface area contributed by atoms with Crippen molar-refractivity contribution in [2.45, 2.75) is 0 Å². The first-order valence-electron chi connectivity index (χ1n) is 8.80. The molecule has 6 heteroatoms. The summed E-state index contributed by atoms with van der Waals surface area (Å²) >= 11 is 0. The molecule has 0 radical (unpaired) electrons. The van der Waals surface area contributed by atoms with E-state index >= 15 is 0 Å². The lowest BCUT2D eigenvalue weighted by Gasteiger charge is -2.07. The summed E-state index contributed by atoms with van der Waals surface area (Å²) in [5.41, 5.74) is 2.15. The number of pyridine rings is 2. The first kappa shape index (κ1) is 18.2. The Kier molecular flexibility index (Phi) is 4.66. The standard InChI is InChI=1S/C23H16N2O4/c26-19-8-2-14(13-20(19)27)1-5-17-6-3-15-4-7-18(23(29)21(15)25-17)22(28)16-9-11-24-12-10-16/h1-13,26-27,29H/b5-1+. The number of phenolic OH excluding ortho intramolecular Hbond substituents is 3. The van der Waals surface area contributed by atoms with E-state index in [2.05, 4.69) is 9.97 Å². The molecular weight excluding hydrogens is 368 g/mol. The van der Waals surface area contributed by atoms with Crippen LogP contribution >= 0.6 is 0 Å². The summed E-state index contributed by atoms with van der Waals surface area (Å²) in [6.07, 6.45) is 6.47. The van der Waals surface area contributed by atoms with Crippen LogP contribution in [0.1, 0.15) is 27.2 Å². The first-order chi connectivity index (χ1) is 14.0. The molecule has 29 heavy (non-hydrogen) atoms. The van der Waals surface area contributed by atoms with Crippen LogP contribution in [0.5, 0.6) is 17.2 Å². The zero-order chi connectivity index (χ0) is 20.4. The molecule has 142 valence electrons. The number of aromatic nitrogens is 2. The zero-order valence-electron chi connectivity index (χ0n) is 15.1. The van der Waals surface area contributed by atoms with Crippen LogP contribution in [0.3, 0.4) is 0 Å². The van der Waals surface area contributed by atoms with Crippen LogP contribution in [0.4, 0.5) is 0 Å². The van der Waals surface area contributed by atoms with Gasteiger partial charge in [0.05, 0.1) is 11.3 Å². The molecule has 4 rings (SSSR count). The second kappa shape index (κ2) is 7.44. The number of ketones is 1. The molecule has 0 saturated heterocycles. The predicted molar refractivity (Wildman–Crippen MR) is 110 cm³/mol. The number of phenols is 3. The van der Waals surface area contributed by atoms with Crippen molar-refractivity contribution >= 4 is 28.8 Å². The molecule has 3 N–H and O–H groups in total. The largest absolute Gasteiger partial charge is 0.505 e. The van der Waals surface area contributed by atoms with E-state index in [0.717, 1.165) is 0 Å². The van der Waals surface area contributed by atoms with Crippen LogP contribution in [-0.2, 0) is 0 Å². The maximum absolute atomic E-state index is 12.7. The van der Waals surface area contributed by atoms with Gasteiger partial charge < -0.3 is 15.3 Å². The summed E-state index contributed by atoms with van der Waals surface area (Å²) in [7, 11) is 0. The van der Waals surface area contributed by atoms with Gasteiger partial charge in [-0.05, 0) is 48.0 Å². The number of carbonyl (C=O) groups is 1. The quantitative estimate of drug-likeness (QED) is 0.361. The van der Waals surface area contributed by atoms with Crippen molar-refractivity contribution in [3.8, 4) is 17.2 Å². The minimum absolute atomic E-state index is 0.167. The van der Waals surface area contributed by atoms with E-state index in [9.17, 15) is 20.1 Å². The van der Waals surface area contributed by atoms with Crippen LogP contribution in [0, 0.1) is 0 Å². The van der Waals surface area contributed by atoms with Gasteiger partial charge in [0.2, 0.25) is 0 Å². The van der Waals surface area contributed by atoms with Crippen LogP contribution in [0.2, 0.25) is 0 Å². The molecule has 0 aliphatic carbocycles. The normalized spacial score (nSPS) is 11.2. The van der Waals surface area contributed by atoms with Crippen LogP contribution < -0.4 is 0 Å². The summed E-state index contributed by atoms with van der Waals surface area (Å²) < 4.78 is 0. The Morgan fingerprint density at radius 2 is 1.59 bits per heavy atom. The Hall–Kier alpha value is -4.19. The highest BCUT2D eigenvalue weighted by Gasteiger charge is 2.16. The van der Waals surface area contributed by atoms with Crippen molar-refractivity contribution in [3.05, 3.63) is 89.4 Å². The molecule has 2 heterocycles. The summed E-state index contributed by atoms with van der Waals surface area (Å²) in [5.74, 6) is -0.895. The summed E-state index contributed by atoms with van der Waals surface area (Å²) in [6, 6.07) is 14.5. The Balaban J connectivity index is 1.71. The van der Waals surface area contributed by atoms with E-state index in [1.54, 1.807) is 54.6 Å². The average molecular weight is 384 g/mol. The van der Waals surface area contributed by atoms with E-state index in [4.69, 9.17) is 0 Å². The molecule has 0 spiro atoms. The molecule has 0 aliphatic rings. The van der Waals surface area contributed by atoms with E-state index in [1.807, 2.05) is 0 Å². The van der Waals surface area contributed by atoms with Crippen molar-refractivity contribution in [1.82, 2.24) is 9.97 Å². The molecule has 0 amide bonds. The van der Waals surface area contributed by atoms with Crippen molar-refractivity contribution in [1.29, 1.82) is 0 Å². The van der Waals surface area contributed by atoms with Crippen molar-refractivity contribution in [2.24, 2.45) is 0 Å². The highest BCUT2D eigenvalue weighted by molar-refractivity contribution is 6.13. The van der Waals surface area contributed by atoms with Crippen LogP contribution in [0.25, 0.3) is 23.1 Å². The Bertz CT molecular complexity index is 1250. The number of carbonyl (C=O) groups excluding carboxylic acids is 1. The van der Waals surface area contributed by atoms with Crippen LogP contribution in [-0.4, -0.2) is 31.1 Å². The molecule has 0 unspecified atom stereocenters. The summed E-state index contributed by atoms with van der Waals surface area (Å²) in [6.45, 7) is 0. The van der Waals surface area contributed by atoms with Crippen molar-refractivity contribution in [2.75, 3.05) is 0 Å². The number of hydrogen-bond acceptors (Lipinski definition) is 6. The second-order valence-electron chi connectivity index (χ2n) is 6.42. The van der Waals surface area contributed by atoms with E-state index in [0.29, 0.717) is 27.7 Å². The third-order valence-corrected chi connectivity index (χ3v) is 4.49. The first-order valence-corrected chi connectivity index (χ1v) is 8.80. The van der Waals surface area contributed by atoms with Gasteiger partial charge in [0, 0.05) is 23.3 Å². The molecule has 4 aromatic rings. The second-order valence-corrected chi connectivity index (χ2v) is 6.42. The Morgan fingerprint density at radius 1 is 0.828 bits per heavy atom. The van der Waals surface area contributed by atoms with Gasteiger partial charge in [-0.2, -0.15) is 0 Å². The summed E-state index contributed by atoms with van der Waals surface area (Å²) in [5, 5.41) is 30.3. The number of hydrogen-bond donors (Lipinski definition) is 3. The smallest absolute Gasteiger partial charge is 0.196 e. The number of aromatic hydroxyl groups is 3. The number of benzene rings is 2. The third kappa shape index (κ3) is 3.64. The van der Waals surface area contributed by atoms with Gasteiger partial charge in [0.25, 0.3) is 0 Å². The lowest BCUT2D eigenvalue weighted by atomic mass is 10.0. The zero-order valence-corrected chi connectivity index (χ0v) is 15.1. The van der Waals surface area contributed by atoms with Crippen LogP contribution in [0.15, 0.2) is 67.0 Å². The highest BCUT2D eigenvalue weighted by atomic mass is 16.3. The molecule has 2 aromatic carbocycles. The van der Waals surface area contributed by atoms with E-state index in [1.165, 1.54) is 24.5 Å². The topological polar surface area (TPSA) is 104 Å². The van der Waals surface area contributed by atoms with Gasteiger partial charge in [-0.15, -0.1) is 0 Å². The molecule has 0 saturated carbocycles. The minimum Gasteiger partial charge on any atom is -0.505 e. The fourth-order valence-electron chi connectivity index (χ4n) is 2.95. The maximum Gasteiger partial charge on any atom is 0.196 e. The fourth-order valence-corrected chi connectivity index (χ4v) is 2.95. The predicted octanol–water partition coefficient (Wildman–Crippen LogP) is 4.15. The number of fused-ring (bicyclic) bond motifs is 1. The van der Waals surface area contributed by atoms with Gasteiger partial charge in [0.1, 0.15) is 5.52 Å². The average Bonchev–Trinajstić information content (AvgIpc) is 2.75. The molecule has 0 atom stereocenters. The summed E-state index contributed by atoms with van der Waals surface area (Å²) in [4.78, 5) is 21.0. The SMILES string of the molecule is O=C(c1ccncc1)c1ccc2ccc(/C=C/c3ccc(O)c(O)c3)nc2c1O. The maximum atomic E-state index is 12.7.